The minimum absolute atomic E-state index is 0. The maximum absolute atomic E-state index is 14.2. The summed E-state index contributed by atoms with van der Waals surface area (Å²) in [6, 6.07) is 4.02. The van der Waals surface area contributed by atoms with Gasteiger partial charge in [0.15, 0.2) is 5.78 Å². The predicted molar refractivity (Wildman–Crippen MR) is 241 cm³/mol. The molecule has 0 unspecified atom stereocenters. The molecule has 1 aliphatic carbocycles. The number of allylic oxidation sites excluding steroid dienone is 3. The first-order valence-electron chi connectivity index (χ1n) is 21.8. The van der Waals surface area contributed by atoms with Gasteiger partial charge in [-0.1, -0.05) is 138 Å². The molecule has 6 rings (SSSR count). The zero-order valence-electron chi connectivity index (χ0n) is 37.2. The van der Waals surface area contributed by atoms with E-state index in [0.29, 0.717) is 45.9 Å². The Morgan fingerprint density at radius 1 is 0.950 bits per heavy atom. The molecule has 5 atom stereocenters. The molecule has 0 amide bonds. The number of methoxy groups -OCH3 is 1. The first-order valence-corrected chi connectivity index (χ1v) is 21.8. The van der Waals surface area contributed by atoms with Crippen molar-refractivity contribution in [1.82, 2.24) is 15.0 Å². The Balaban J connectivity index is 0.00000683. The molecule has 60 heavy (non-hydrogen) atoms. The van der Waals surface area contributed by atoms with Crippen LogP contribution in [-0.4, -0.2) is 54.5 Å². The number of fused-ring (bicyclic) bond motifs is 7. The second-order valence-electron chi connectivity index (χ2n) is 17.1. The molecule has 0 radical (unpaired) electrons. The Morgan fingerprint density at radius 2 is 1.68 bits per heavy atom. The summed E-state index contributed by atoms with van der Waals surface area (Å²) >= 11 is 0. The Morgan fingerprint density at radius 3 is 2.38 bits per heavy atom. The van der Waals surface area contributed by atoms with Gasteiger partial charge in [-0.3, -0.25) is 14.4 Å². The zero-order valence-corrected chi connectivity index (χ0v) is 38.6. The SMILES string of the molecule is C=Cc1cc2[n-]c1/C=c1/cc(CC)/c([n-]1)=C/c1[n-]c3c(c1C)C(=O)[C@H](C(=O)OC)/C3=C1/[N-]/C(=C\2)[C@@H](C)[C@@H]1CCC(=O)OC/C=C(\C)CCC[C@H](C)CCC[C@H](C)CCC.[Mg+2]. The van der Waals surface area contributed by atoms with E-state index in [2.05, 4.69) is 48.1 Å². The minimum atomic E-state index is -1.21. The van der Waals surface area contributed by atoms with Crippen molar-refractivity contribution in [2.24, 2.45) is 29.6 Å². The topological polar surface area (TPSA) is 126 Å². The van der Waals surface area contributed by atoms with Crippen LogP contribution in [0.25, 0.3) is 35.2 Å². The fraction of sp³-hybridized carbons (Fsp3) is 0.500. The van der Waals surface area contributed by atoms with E-state index in [4.69, 9.17) is 29.7 Å². The summed E-state index contributed by atoms with van der Waals surface area (Å²) < 4.78 is 11.0. The number of aryl methyl sites for hydroxylation is 1. The molecule has 0 N–H and O–H groups in total. The number of ketones is 1. The third kappa shape index (κ3) is 10.4. The maximum Gasteiger partial charge on any atom is 2.00 e. The molecule has 316 valence electrons. The molecule has 1 saturated heterocycles. The summed E-state index contributed by atoms with van der Waals surface area (Å²) in [6.45, 7) is 19.4. The second-order valence-corrected chi connectivity index (χ2v) is 17.1. The molecule has 0 saturated carbocycles. The monoisotopic (exact) mass is 822 g/mol. The van der Waals surface area contributed by atoms with Gasteiger partial charge >= 0.3 is 35.0 Å². The number of nitrogens with zero attached hydrogens (tertiary/aromatic N) is 4. The van der Waals surface area contributed by atoms with Gasteiger partial charge in [0.25, 0.3) is 0 Å². The van der Waals surface area contributed by atoms with E-state index >= 15 is 0 Å². The summed E-state index contributed by atoms with van der Waals surface area (Å²) in [7, 11) is 1.29. The molecule has 8 bridgehead atoms. The van der Waals surface area contributed by atoms with E-state index in [1.807, 2.05) is 43.4 Å². The number of carbonyl (C=O) groups excluding carboxylic acids is 3. The zero-order chi connectivity index (χ0) is 42.4. The van der Waals surface area contributed by atoms with Crippen LogP contribution in [-0.2, 0) is 25.5 Å². The Bertz CT molecular complexity index is 2280. The van der Waals surface area contributed by atoms with Crippen LogP contribution < -0.4 is 25.7 Å². The molecule has 5 heterocycles. The standard InChI is InChI=1S/C50H63N4O5.Mg/c1-10-15-29(4)16-13-17-30(5)18-14-19-31(6)22-23-59-43(55)21-20-38-32(7)39-26-36-24-34(11-2)41(51-36)27-37-25-35(12-3)42(52-37)28-40-33(8)44-48(54-40)45(47(38)53-39)46(49(44)56)50(57)58-9;/h11,22,24-30,32,38,46H,2,10,12-21,23H2,1,3-9H3,(H-,53,54,56);/q-3;+2/p-1/b31-22+,37-27-,39-26-,42-28-;/t29-,30-,32+,38+,46-;/m1./s1. The van der Waals surface area contributed by atoms with Crippen LogP contribution in [0.1, 0.15) is 156 Å². The molecular weight excluding hydrogens is 761 g/mol. The quantitative estimate of drug-likeness (QED) is 0.0540. The number of hydrogen-bond acceptors (Lipinski definition) is 5. The number of aromatic nitrogens is 3. The molecule has 3 aromatic heterocycles. The van der Waals surface area contributed by atoms with Gasteiger partial charge in [0.1, 0.15) is 12.5 Å². The Labute approximate surface area is 372 Å². The van der Waals surface area contributed by atoms with Crippen molar-refractivity contribution in [1.29, 1.82) is 0 Å². The summed E-state index contributed by atoms with van der Waals surface area (Å²) in [5.74, 6) is -1.48. The predicted octanol–water partition coefficient (Wildman–Crippen LogP) is 8.72. The molecule has 3 aliphatic rings. The number of esters is 2. The van der Waals surface area contributed by atoms with Gasteiger partial charge in [-0.25, -0.2) is 0 Å². The molecule has 3 aromatic rings. The fourth-order valence-electron chi connectivity index (χ4n) is 9.08. The van der Waals surface area contributed by atoms with Crippen molar-refractivity contribution in [2.45, 2.75) is 119 Å². The van der Waals surface area contributed by atoms with Gasteiger partial charge in [0.05, 0.1) is 7.11 Å². The van der Waals surface area contributed by atoms with Crippen molar-refractivity contribution in [2.75, 3.05) is 13.7 Å². The average Bonchev–Trinajstić information content (AvgIpc) is 4.00. The molecule has 0 spiro atoms. The summed E-state index contributed by atoms with van der Waals surface area (Å²) in [5, 5.41) is 6.70. The molecule has 10 heteroatoms. The Hall–Kier alpha value is -4.28. The maximum atomic E-state index is 14.2. The Kier molecular flexibility index (Phi) is 16.4. The van der Waals surface area contributed by atoms with Crippen LogP contribution in [0.15, 0.2) is 41.8 Å². The second kappa shape index (κ2) is 21.0. The van der Waals surface area contributed by atoms with Crippen LogP contribution in [0.2, 0.25) is 0 Å². The number of Topliss-reactive ketones (excluding diaryl/α,β-unsaturated/α-hetero) is 1. The van der Waals surface area contributed by atoms with E-state index in [0.717, 1.165) is 64.3 Å². The van der Waals surface area contributed by atoms with Gasteiger partial charge in [0.2, 0.25) is 0 Å². The van der Waals surface area contributed by atoms with E-state index in [-0.39, 0.29) is 59.7 Å². The normalized spacial score (nSPS) is 22.3. The van der Waals surface area contributed by atoms with Crippen molar-refractivity contribution in [3.63, 3.8) is 0 Å². The van der Waals surface area contributed by atoms with Crippen molar-refractivity contribution < 1.29 is 23.9 Å². The van der Waals surface area contributed by atoms with Crippen LogP contribution in [0, 0.1) is 36.5 Å². The van der Waals surface area contributed by atoms with Gasteiger partial charge in [0, 0.05) is 12.0 Å². The van der Waals surface area contributed by atoms with Crippen molar-refractivity contribution in [3.8, 4) is 0 Å². The summed E-state index contributed by atoms with van der Waals surface area (Å²) in [5.41, 5.74) is 8.48. The summed E-state index contributed by atoms with van der Waals surface area (Å²) in [6.07, 6.45) is 20.7. The molecule has 1 fully saturated rings. The number of carbonyl (C=O) groups is 3. The third-order valence-electron chi connectivity index (χ3n) is 12.6. The van der Waals surface area contributed by atoms with Gasteiger partial charge in [-0.05, 0) is 74.8 Å². The number of ether oxygens (including phenoxy) is 2. The molecular formula is C50H62MgN4O5-2. The van der Waals surface area contributed by atoms with E-state index < -0.39 is 11.9 Å². The van der Waals surface area contributed by atoms with Gasteiger partial charge in [-0.15, -0.1) is 33.5 Å². The summed E-state index contributed by atoms with van der Waals surface area (Å²) in [4.78, 5) is 55.9. The first kappa shape index (κ1) is 46.8. The average molecular weight is 823 g/mol. The first-order chi connectivity index (χ1) is 28.4. The largest absolute Gasteiger partial charge is 2.00 e. The number of hydrogen-bond donors (Lipinski definition) is 0. The van der Waals surface area contributed by atoms with Crippen LogP contribution in [0.3, 0.4) is 0 Å². The van der Waals surface area contributed by atoms with E-state index in [9.17, 15) is 14.4 Å². The van der Waals surface area contributed by atoms with Crippen molar-refractivity contribution >= 4 is 70.7 Å². The fourth-order valence-corrected chi connectivity index (χ4v) is 9.08. The van der Waals surface area contributed by atoms with E-state index in [1.54, 1.807) is 6.08 Å². The molecule has 9 nitrogen and oxygen atoms in total. The third-order valence-corrected chi connectivity index (χ3v) is 12.6. The van der Waals surface area contributed by atoms with Crippen LogP contribution >= 0.6 is 0 Å². The van der Waals surface area contributed by atoms with Gasteiger partial charge in [-0.2, -0.15) is 11.4 Å². The number of rotatable bonds is 18. The smallest absolute Gasteiger partial charge is 0.664 e. The molecule has 0 aromatic carbocycles. The van der Waals surface area contributed by atoms with Crippen LogP contribution in [0.4, 0.5) is 0 Å². The van der Waals surface area contributed by atoms with Gasteiger partial charge < -0.3 is 29.7 Å². The minimum Gasteiger partial charge on any atom is -0.664 e. The van der Waals surface area contributed by atoms with Crippen molar-refractivity contribution in [3.05, 3.63) is 103 Å². The molecule has 2 aliphatic heterocycles. The van der Waals surface area contributed by atoms with E-state index in [1.165, 1.54) is 51.2 Å². The van der Waals surface area contributed by atoms with Crippen LogP contribution in [0.5, 0.6) is 0 Å².